The highest BCUT2D eigenvalue weighted by Crippen LogP contribution is 2.29. The van der Waals surface area contributed by atoms with Crippen molar-refractivity contribution in [1.29, 1.82) is 0 Å². The van der Waals surface area contributed by atoms with Crippen molar-refractivity contribution in [1.82, 2.24) is 0 Å². The Balaban J connectivity index is 2.12. The summed E-state index contributed by atoms with van der Waals surface area (Å²) >= 11 is 0. The van der Waals surface area contributed by atoms with Gasteiger partial charge in [-0.15, -0.1) is 0 Å². The fourth-order valence-electron chi connectivity index (χ4n) is 3.32. The van der Waals surface area contributed by atoms with Crippen molar-refractivity contribution in [3.05, 3.63) is 64.3 Å². The Hall–Kier alpha value is -1.89. The van der Waals surface area contributed by atoms with Crippen molar-refractivity contribution in [2.45, 2.75) is 66.2 Å². The topological polar surface area (TPSA) is 17.1 Å². The molecule has 0 aromatic heterocycles. The van der Waals surface area contributed by atoms with Crippen molar-refractivity contribution < 1.29 is 4.79 Å². The standard InChI is InChI=1S/C24H32O/c1-19(16-17-25)8-7-11-23(24(2,3)4)15-13-20-12-14-21-9-5-6-10-22(21)18-20/h11-18H,5-10H2,1-4H3/b15-13+,19-16+,23-11-. The highest BCUT2D eigenvalue weighted by atomic mass is 16.1. The smallest absolute Gasteiger partial charge is 0.142 e. The summed E-state index contributed by atoms with van der Waals surface area (Å²) in [5.74, 6) is 0. The van der Waals surface area contributed by atoms with E-state index in [-0.39, 0.29) is 5.41 Å². The predicted octanol–water partition coefficient (Wildman–Crippen LogP) is 6.48. The van der Waals surface area contributed by atoms with Crippen LogP contribution in [0.5, 0.6) is 0 Å². The van der Waals surface area contributed by atoms with E-state index in [1.165, 1.54) is 47.9 Å². The summed E-state index contributed by atoms with van der Waals surface area (Å²) in [5.41, 5.74) is 6.97. The highest BCUT2D eigenvalue weighted by molar-refractivity contribution is 5.65. The molecule has 0 spiro atoms. The number of aryl methyl sites for hydroxylation is 2. The van der Waals surface area contributed by atoms with Crippen LogP contribution in [0, 0.1) is 5.41 Å². The lowest BCUT2D eigenvalue weighted by Gasteiger charge is -2.21. The minimum Gasteiger partial charge on any atom is -0.299 e. The van der Waals surface area contributed by atoms with Crippen molar-refractivity contribution >= 4 is 12.4 Å². The molecule has 1 aromatic rings. The molecule has 0 amide bonds. The van der Waals surface area contributed by atoms with Crippen LogP contribution in [0.4, 0.5) is 0 Å². The Morgan fingerprint density at radius 1 is 1.12 bits per heavy atom. The monoisotopic (exact) mass is 336 g/mol. The Kier molecular flexibility index (Phi) is 6.99. The molecule has 0 N–H and O–H groups in total. The third kappa shape index (κ3) is 6.16. The molecule has 0 bridgehead atoms. The second kappa shape index (κ2) is 8.99. The molecule has 134 valence electrons. The van der Waals surface area contributed by atoms with Crippen LogP contribution in [0.25, 0.3) is 6.08 Å². The largest absolute Gasteiger partial charge is 0.299 e. The maximum absolute atomic E-state index is 10.5. The number of carbonyl (C=O) groups is 1. The molecule has 1 aliphatic rings. The number of carbonyl (C=O) groups excluding carboxylic acids is 1. The van der Waals surface area contributed by atoms with Crippen LogP contribution in [0.1, 0.15) is 70.1 Å². The number of hydrogen-bond donors (Lipinski definition) is 0. The minimum absolute atomic E-state index is 0.118. The third-order valence-corrected chi connectivity index (χ3v) is 4.95. The summed E-state index contributed by atoms with van der Waals surface area (Å²) in [4.78, 5) is 10.5. The summed E-state index contributed by atoms with van der Waals surface area (Å²) < 4.78 is 0. The van der Waals surface area contributed by atoms with Gasteiger partial charge in [-0.3, -0.25) is 4.79 Å². The molecule has 2 rings (SSSR count). The van der Waals surface area contributed by atoms with E-state index in [1.54, 1.807) is 6.08 Å². The van der Waals surface area contributed by atoms with Crippen LogP contribution < -0.4 is 0 Å². The van der Waals surface area contributed by atoms with E-state index >= 15 is 0 Å². The zero-order valence-electron chi connectivity index (χ0n) is 16.3. The quantitative estimate of drug-likeness (QED) is 0.330. The second-order valence-corrected chi connectivity index (χ2v) is 8.17. The first-order valence-corrected chi connectivity index (χ1v) is 9.51. The normalized spacial score (nSPS) is 16.2. The molecule has 0 atom stereocenters. The summed E-state index contributed by atoms with van der Waals surface area (Å²) in [7, 11) is 0. The van der Waals surface area contributed by atoms with Gasteiger partial charge in [0, 0.05) is 0 Å². The Bertz CT molecular complexity index is 681. The van der Waals surface area contributed by atoms with E-state index in [0.717, 1.165) is 24.7 Å². The third-order valence-electron chi connectivity index (χ3n) is 4.95. The van der Waals surface area contributed by atoms with Crippen LogP contribution in [0.3, 0.4) is 0 Å². The number of fused-ring (bicyclic) bond motifs is 1. The average molecular weight is 337 g/mol. The molecule has 0 aliphatic heterocycles. The van der Waals surface area contributed by atoms with Crippen molar-refractivity contribution in [3.63, 3.8) is 0 Å². The van der Waals surface area contributed by atoms with E-state index in [0.29, 0.717) is 0 Å². The van der Waals surface area contributed by atoms with Crippen LogP contribution in [-0.2, 0) is 17.6 Å². The van der Waals surface area contributed by atoms with E-state index < -0.39 is 0 Å². The van der Waals surface area contributed by atoms with Gasteiger partial charge < -0.3 is 0 Å². The van der Waals surface area contributed by atoms with Gasteiger partial charge >= 0.3 is 0 Å². The van der Waals surface area contributed by atoms with E-state index in [4.69, 9.17) is 0 Å². The van der Waals surface area contributed by atoms with Crippen LogP contribution in [0.2, 0.25) is 0 Å². The average Bonchev–Trinajstić information content (AvgIpc) is 2.57. The van der Waals surface area contributed by atoms with Crippen LogP contribution in [0.15, 0.2) is 47.6 Å². The number of allylic oxidation sites excluding steroid dienone is 5. The summed E-state index contributed by atoms with van der Waals surface area (Å²) in [5, 5.41) is 0. The molecule has 1 heteroatoms. The van der Waals surface area contributed by atoms with Gasteiger partial charge in [0.2, 0.25) is 0 Å². The van der Waals surface area contributed by atoms with Crippen molar-refractivity contribution in [3.8, 4) is 0 Å². The van der Waals surface area contributed by atoms with Crippen molar-refractivity contribution in [2.24, 2.45) is 5.41 Å². The lowest BCUT2D eigenvalue weighted by atomic mass is 9.84. The van der Waals surface area contributed by atoms with Crippen molar-refractivity contribution in [2.75, 3.05) is 0 Å². The molecule has 0 unspecified atom stereocenters. The van der Waals surface area contributed by atoms with Crippen LogP contribution in [-0.4, -0.2) is 6.29 Å². The number of aldehydes is 1. The summed E-state index contributed by atoms with van der Waals surface area (Å²) in [6.07, 6.45) is 16.4. The van der Waals surface area contributed by atoms with Gasteiger partial charge in [0.15, 0.2) is 0 Å². The number of benzene rings is 1. The lowest BCUT2D eigenvalue weighted by Crippen LogP contribution is -2.07. The molecule has 25 heavy (non-hydrogen) atoms. The second-order valence-electron chi connectivity index (χ2n) is 8.17. The maximum atomic E-state index is 10.5. The van der Waals surface area contributed by atoms with E-state index in [9.17, 15) is 4.79 Å². The molecule has 0 radical (unpaired) electrons. The van der Waals surface area contributed by atoms with E-state index in [1.807, 2.05) is 6.92 Å². The predicted molar refractivity (Wildman–Crippen MR) is 109 cm³/mol. The number of hydrogen-bond acceptors (Lipinski definition) is 1. The first-order valence-electron chi connectivity index (χ1n) is 9.51. The molecule has 0 heterocycles. The van der Waals surface area contributed by atoms with Gasteiger partial charge in [0.05, 0.1) is 0 Å². The highest BCUT2D eigenvalue weighted by Gasteiger charge is 2.14. The van der Waals surface area contributed by atoms with Gasteiger partial charge in [-0.2, -0.15) is 0 Å². The SMILES string of the molecule is C/C(=C\C=O)CC/C=C(/C=C/c1ccc2c(c1)CCCC2)C(C)(C)C. The molecule has 1 aliphatic carbocycles. The Labute approximate surface area is 153 Å². The van der Waals surface area contributed by atoms with Gasteiger partial charge in [-0.25, -0.2) is 0 Å². The maximum Gasteiger partial charge on any atom is 0.142 e. The molecular formula is C24H32O. The molecular weight excluding hydrogens is 304 g/mol. The molecule has 1 nitrogen and oxygen atoms in total. The first-order chi connectivity index (χ1) is 11.9. The zero-order chi connectivity index (χ0) is 18.3. The Morgan fingerprint density at radius 2 is 1.84 bits per heavy atom. The summed E-state index contributed by atoms with van der Waals surface area (Å²) in [6, 6.07) is 6.92. The lowest BCUT2D eigenvalue weighted by molar-refractivity contribution is -0.104. The Morgan fingerprint density at radius 3 is 2.52 bits per heavy atom. The van der Waals surface area contributed by atoms with Gasteiger partial charge in [0.1, 0.15) is 6.29 Å². The van der Waals surface area contributed by atoms with Gasteiger partial charge in [-0.1, -0.05) is 62.8 Å². The molecule has 0 saturated heterocycles. The zero-order valence-corrected chi connectivity index (χ0v) is 16.3. The van der Waals surface area contributed by atoms with Crippen LogP contribution >= 0.6 is 0 Å². The molecule has 0 fully saturated rings. The van der Waals surface area contributed by atoms with Gasteiger partial charge in [-0.05, 0) is 79.2 Å². The number of rotatable bonds is 6. The van der Waals surface area contributed by atoms with Gasteiger partial charge in [0.25, 0.3) is 0 Å². The fourth-order valence-corrected chi connectivity index (χ4v) is 3.32. The van der Waals surface area contributed by atoms with E-state index in [2.05, 4.69) is 57.2 Å². The fraction of sp³-hybridized carbons (Fsp3) is 0.458. The minimum atomic E-state index is 0.118. The molecule has 1 aromatic carbocycles. The molecule has 0 saturated carbocycles. The first kappa shape index (κ1) is 19.4. The summed E-state index contributed by atoms with van der Waals surface area (Å²) in [6.45, 7) is 8.78.